The van der Waals surface area contributed by atoms with Gasteiger partial charge >= 0.3 is 0 Å². The van der Waals surface area contributed by atoms with Crippen LogP contribution in [0.15, 0.2) is 36.7 Å². The largest absolute Gasteiger partial charge is 0.454 e. The molecule has 3 nitrogen and oxygen atoms in total. The van der Waals surface area contributed by atoms with E-state index in [1.807, 2.05) is 6.07 Å². The van der Waals surface area contributed by atoms with Gasteiger partial charge in [-0.05, 0) is 36.6 Å². The van der Waals surface area contributed by atoms with E-state index in [-0.39, 0.29) is 6.04 Å². The van der Waals surface area contributed by atoms with Crippen molar-refractivity contribution in [3.8, 4) is 11.5 Å². The van der Waals surface area contributed by atoms with Crippen LogP contribution in [0.25, 0.3) is 0 Å². The Hall–Kier alpha value is -1.29. The monoisotopic (exact) mass is 310 g/mol. The van der Waals surface area contributed by atoms with Crippen LogP contribution in [-0.4, -0.2) is 11.0 Å². The Kier molecular flexibility index (Phi) is 5.24. The second kappa shape index (κ2) is 6.93. The Morgan fingerprint density at radius 2 is 2.10 bits per heavy atom. The number of ether oxygens (including phenoxy) is 1. The lowest BCUT2D eigenvalue weighted by molar-refractivity contribution is 0.479. The summed E-state index contributed by atoms with van der Waals surface area (Å²) in [5, 5.41) is 0.853. The maximum Gasteiger partial charge on any atom is 0.147 e. The van der Waals surface area contributed by atoms with Crippen molar-refractivity contribution in [3.05, 3.63) is 52.3 Å². The highest BCUT2D eigenvalue weighted by molar-refractivity contribution is 6.42. The molecule has 2 N–H and O–H groups in total. The average Bonchev–Trinajstić information content (AvgIpc) is 2.44. The third-order valence-corrected chi connectivity index (χ3v) is 3.74. The standard InChI is InChI=1S/C15H16Cl2N2O/c1-2-11(18)6-10-7-12(9-19-8-10)20-14-5-3-4-13(16)15(14)17/h3-5,7-9,11H,2,6,18H2,1H3. The fraction of sp³-hybridized carbons (Fsp3) is 0.267. The minimum atomic E-state index is 0.127. The smallest absolute Gasteiger partial charge is 0.147 e. The minimum absolute atomic E-state index is 0.127. The van der Waals surface area contributed by atoms with Crippen LogP contribution in [0.5, 0.6) is 11.5 Å². The molecule has 2 aromatic rings. The first-order valence-electron chi connectivity index (χ1n) is 6.41. The molecule has 0 aliphatic heterocycles. The Morgan fingerprint density at radius 1 is 1.30 bits per heavy atom. The molecule has 0 aliphatic rings. The topological polar surface area (TPSA) is 48.1 Å². The van der Waals surface area contributed by atoms with Crippen LogP contribution >= 0.6 is 23.2 Å². The van der Waals surface area contributed by atoms with E-state index in [2.05, 4.69) is 11.9 Å². The van der Waals surface area contributed by atoms with Crippen LogP contribution in [0, 0.1) is 0 Å². The summed E-state index contributed by atoms with van der Waals surface area (Å²) in [7, 11) is 0. The predicted octanol–water partition coefficient (Wildman–Crippen LogP) is 4.46. The molecule has 0 bridgehead atoms. The Balaban J connectivity index is 2.17. The molecule has 1 heterocycles. The Morgan fingerprint density at radius 3 is 2.85 bits per heavy atom. The summed E-state index contributed by atoms with van der Waals surface area (Å²) >= 11 is 12.0. The maximum atomic E-state index is 6.09. The summed E-state index contributed by atoms with van der Waals surface area (Å²) < 4.78 is 5.73. The molecular formula is C15H16Cl2N2O. The van der Waals surface area contributed by atoms with Crippen molar-refractivity contribution >= 4 is 23.2 Å². The molecule has 20 heavy (non-hydrogen) atoms. The van der Waals surface area contributed by atoms with Crippen LogP contribution in [0.3, 0.4) is 0 Å². The van der Waals surface area contributed by atoms with Gasteiger partial charge < -0.3 is 10.5 Å². The van der Waals surface area contributed by atoms with E-state index in [1.165, 1.54) is 0 Å². The van der Waals surface area contributed by atoms with Gasteiger partial charge in [-0.25, -0.2) is 0 Å². The molecule has 0 saturated heterocycles. The second-order valence-electron chi connectivity index (χ2n) is 4.56. The number of pyridine rings is 1. The van der Waals surface area contributed by atoms with Gasteiger partial charge in [-0.15, -0.1) is 0 Å². The van der Waals surface area contributed by atoms with Crippen molar-refractivity contribution in [2.45, 2.75) is 25.8 Å². The van der Waals surface area contributed by atoms with E-state index in [4.69, 9.17) is 33.7 Å². The van der Waals surface area contributed by atoms with Gasteiger partial charge in [0.25, 0.3) is 0 Å². The van der Waals surface area contributed by atoms with Gasteiger partial charge in [0.05, 0.1) is 11.2 Å². The van der Waals surface area contributed by atoms with Crippen LogP contribution in [0.2, 0.25) is 10.0 Å². The van der Waals surface area contributed by atoms with Gasteiger partial charge in [-0.2, -0.15) is 0 Å². The summed E-state index contributed by atoms with van der Waals surface area (Å²) in [6.45, 7) is 2.06. The molecule has 106 valence electrons. The molecule has 0 aliphatic carbocycles. The third kappa shape index (κ3) is 3.85. The van der Waals surface area contributed by atoms with Crippen molar-refractivity contribution in [1.82, 2.24) is 4.98 Å². The lowest BCUT2D eigenvalue weighted by atomic mass is 10.1. The number of benzene rings is 1. The first-order valence-corrected chi connectivity index (χ1v) is 7.17. The zero-order valence-electron chi connectivity index (χ0n) is 11.1. The molecule has 2 rings (SSSR count). The zero-order valence-corrected chi connectivity index (χ0v) is 12.7. The molecule has 0 radical (unpaired) electrons. The van der Waals surface area contributed by atoms with Crippen molar-refractivity contribution in [3.63, 3.8) is 0 Å². The Labute approximate surface area is 128 Å². The highest BCUT2D eigenvalue weighted by Gasteiger charge is 2.08. The van der Waals surface area contributed by atoms with Crippen LogP contribution in [-0.2, 0) is 6.42 Å². The summed E-state index contributed by atoms with van der Waals surface area (Å²) in [4.78, 5) is 4.16. The lowest BCUT2D eigenvalue weighted by Gasteiger charge is -2.11. The quantitative estimate of drug-likeness (QED) is 0.887. The number of nitrogens with zero attached hydrogens (tertiary/aromatic N) is 1. The van der Waals surface area contributed by atoms with Crippen LogP contribution < -0.4 is 10.5 Å². The fourth-order valence-electron chi connectivity index (χ4n) is 1.77. The van der Waals surface area contributed by atoms with Gasteiger partial charge in [0.2, 0.25) is 0 Å². The number of rotatable bonds is 5. The van der Waals surface area contributed by atoms with Gasteiger partial charge in [0.15, 0.2) is 0 Å². The normalized spacial score (nSPS) is 12.2. The van der Waals surface area contributed by atoms with Gasteiger partial charge in [-0.3, -0.25) is 4.98 Å². The lowest BCUT2D eigenvalue weighted by Crippen LogP contribution is -2.21. The number of halogens is 2. The van der Waals surface area contributed by atoms with Crippen molar-refractivity contribution in [1.29, 1.82) is 0 Å². The SMILES string of the molecule is CCC(N)Cc1cncc(Oc2cccc(Cl)c2Cl)c1. The van der Waals surface area contributed by atoms with E-state index >= 15 is 0 Å². The Bertz CT molecular complexity index is 590. The average molecular weight is 311 g/mol. The van der Waals surface area contributed by atoms with E-state index in [0.717, 1.165) is 18.4 Å². The second-order valence-corrected chi connectivity index (χ2v) is 5.34. The molecule has 0 amide bonds. The van der Waals surface area contributed by atoms with E-state index in [0.29, 0.717) is 21.5 Å². The van der Waals surface area contributed by atoms with Crippen LogP contribution in [0.4, 0.5) is 0 Å². The molecule has 1 unspecified atom stereocenters. The fourth-order valence-corrected chi connectivity index (χ4v) is 2.10. The maximum absolute atomic E-state index is 6.09. The molecule has 1 atom stereocenters. The summed E-state index contributed by atoms with van der Waals surface area (Å²) in [6, 6.07) is 7.31. The van der Waals surface area contributed by atoms with Crippen molar-refractivity contribution in [2.24, 2.45) is 5.73 Å². The molecule has 5 heteroatoms. The first-order chi connectivity index (χ1) is 9.60. The molecule has 0 spiro atoms. The van der Waals surface area contributed by atoms with Crippen molar-refractivity contribution in [2.75, 3.05) is 0 Å². The number of aromatic nitrogens is 1. The highest BCUT2D eigenvalue weighted by atomic mass is 35.5. The number of nitrogens with two attached hydrogens (primary N) is 1. The third-order valence-electron chi connectivity index (χ3n) is 2.94. The summed E-state index contributed by atoms with van der Waals surface area (Å²) in [5.41, 5.74) is 6.98. The van der Waals surface area contributed by atoms with Crippen LogP contribution in [0.1, 0.15) is 18.9 Å². The molecule has 1 aromatic heterocycles. The molecule has 1 aromatic carbocycles. The van der Waals surface area contributed by atoms with Crippen molar-refractivity contribution < 1.29 is 4.74 Å². The summed E-state index contributed by atoms with van der Waals surface area (Å²) in [5.74, 6) is 1.13. The molecular weight excluding hydrogens is 295 g/mol. The first kappa shape index (κ1) is 15.1. The summed E-state index contributed by atoms with van der Waals surface area (Å²) in [6.07, 6.45) is 5.12. The number of hydrogen-bond donors (Lipinski definition) is 1. The van der Waals surface area contributed by atoms with E-state index in [9.17, 15) is 0 Å². The highest BCUT2D eigenvalue weighted by Crippen LogP contribution is 2.34. The van der Waals surface area contributed by atoms with E-state index in [1.54, 1.807) is 30.6 Å². The molecule has 0 saturated carbocycles. The van der Waals surface area contributed by atoms with Gasteiger partial charge in [-0.1, -0.05) is 36.2 Å². The minimum Gasteiger partial charge on any atom is -0.454 e. The molecule has 0 fully saturated rings. The number of hydrogen-bond acceptors (Lipinski definition) is 3. The predicted molar refractivity (Wildman–Crippen MR) is 82.7 cm³/mol. The van der Waals surface area contributed by atoms with Gasteiger partial charge in [0, 0.05) is 12.2 Å². The van der Waals surface area contributed by atoms with E-state index < -0.39 is 0 Å². The van der Waals surface area contributed by atoms with Gasteiger partial charge in [0.1, 0.15) is 16.5 Å². The zero-order chi connectivity index (χ0) is 14.5.